The van der Waals surface area contributed by atoms with Gasteiger partial charge in [-0.05, 0) is 34.5 Å². The Bertz CT molecular complexity index is 565. The lowest BCUT2D eigenvalue weighted by atomic mass is 9.90. The first-order valence-corrected chi connectivity index (χ1v) is 6.70. The van der Waals surface area contributed by atoms with Crippen LogP contribution in [-0.4, -0.2) is 30.1 Å². The molecule has 7 heteroatoms. The summed E-state index contributed by atoms with van der Waals surface area (Å²) in [5.41, 5.74) is 0.486. The molecule has 2 rings (SSSR count). The Morgan fingerprint density at radius 2 is 2.10 bits per heavy atom. The summed E-state index contributed by atoms with van der Waals surface area (Å²) in [4.78, 5) is 11.7. The van der Waals surface area contributed by atoms with Crippen LogP contribution in [0.4, 0.5) is 18.9 Å². The van der Waals surface area contributed by atoms with Crippen LogP contribution in [0.2, 0.25) is 0 Å². The molecule has 0 aliphatic carbocycles. The van der Waals surface area contributed by atoms with Crippen LogP contribution in [0.5, 0.6) is 0 Å². The van der Waals surface area contributed by atoms with Gasteiger partial charge < -0.3 is 10.0 Å². The Kier molecular flexibility index (Phi) is 3.75. The second kappa shape index (κ2) is 4.95. The lowest BCUT2D eigenvalue weighted by Gasteiger charge is -2.43. The molecule has 20 heavy (non-hydrogen) atoms. The van der Waals surface area contributed by atoms with E-state index in [-0.39, 0.29) is 17.7 Å². The number of fused-ring (bicyclic) bond motifs is 1. The Balaban J connectivity index is 2.59. The molecule has 1 aromatic rings. The molecule has 1 aromatic carbocycles. The molecule has 0 radical (unpaired) electrons. The minimum absolute atomic E-state index is 0.0410. The number of alkyl halides is 3. The molecule has 0 amide bonds. The van der Waals surface area contributed by atoms with E-state index in [1.165, 1.54) is 19.2 Å². The molecule has 0 aromatic heterocycles. The second-order valence-corrected chi connectivity index (χ2v) is 5.83. The zero-order valence-electron chi connectivity index (χ0n) is 10.8. The first-order chi connectivity index (χ1) is 9.16. The third-order valence-corrected chi connectivity index (χ3v) is 4.16. The van der Waals surface area contributed by atoms with Gasteiger partial charge in [0, 0.05) is 17.1 Å². The molecule has 0 spiro atoms. The molecule has 0 bridgehead atoms. The maximum absolute atomic E-state index is 14.3. The zero-order chi connectivity index (χ0) is 15.2. The Labute approximate surface area is 122 Å². The van der Waals surface area contributed by atoms with Crippen LogP contribution >= 0.6 is 15.9 Å². The van der Waals surface area contributed by atoms with Crippen LogP contribution in [0.25, 0.3) is 0 Å². The van der Waals surface area contributed by atoms with Crippen molar-refractivity contribution >= 4 is 27.6 Å². The van der Waals surface area contributed by atoms with Crippen LogP contribution in [0.1, 0.15) is 24.2 Å². The summed E-state index contributed by atoms with van der Waals surface area (Å²) >= 11 is 3.17. The van der Waals surface area contributed by atoms with Gasteiger partial charge in [-0.15, -0.1) is 0 Å². The molecule has 0 fully saturated rings. The molecule has 3 nitrogen and oxygen atoms in total. The fourth-order valence-electron chi connectivity index (χ4n) is 2.35. The van der Waals surface area contributed by atoms with Crippen LogP contribution in [0.15, 0.2) is 16.6 Å². The normalized spacial score (nSPS) is 29.2. The third-order valence-electron chi connectivity index (χ3n) is 3.56. The van der Waals surface area contributed by atoms with E-state index in [0.29, 0.717) is 10.0 Å². The van der Waals surface area contributed by atoms with Crippen molar-refractivity contribution in [3.8, 4) is 0 Å². The van der Waals surface area contributed by atoms with Gasteiger partial charge in [0.15, 0.2) is 12.3 Å². The summed E-state index contributed by atoms with van der Waals surface area (Å²) in [6.45, 7) is 0.977. The van der Waals surface area contributed by atoms with E-state index in [4.69, 9.17) is 5.11 Å². The molecule has 3 atom stereocenters. The van der Waals surface area contributed by atoms with Crippen LogP contribution in [0.3, 0.4) is 0 Å². The number of carboxylic acids is 1. The van der Waals surface area contributed by atoms with Crippen molar-refractivity contribution in [3.05, 3.63) is 27.7 Å². The van der Waals surface area contributed by atoms with Crippen LogP contribution < -0.4 is 4.90 Å². The van der Waals surface area contributed by atoms with Gasteiger partial charge in [-0.2, -0.15) is 0 Å². The van der Waals surface area contributed by atoms with Gasteiger partial charge in [-0.1, -0.05) is 6.07 Å². The van der Waals surface area contributed by atoms with Crippen molar-refractivity contribution in [2.75, 3.05) is 11.9 Å². The average molecular weight is 352 g/mol. The predicted octanol–water partition coefficient (Wildman–Crippen LogP) is 3.56. The van der Waals surface area contributed by atoms with Crippen molar-refractivity contribution < 1.29 is 23.1 Å². The highest BCUT2D eigenvalue weighted by molar-refractivity contribution is 9.10. The van der Waals surface area contributed by atoms with E-state index in [9.17, 15) is 18.0 Å². The van der Waals surface area contributed by atoms with Crippen molar-refractivity contribution in [2.45, 2.75) is 31.5 Å². The first-order valence-electron chi connectivity index (χ1n) is 5.91. The molecule has 3 unspecified atom stereocenters. The lowest BCUT2D eigenvalue weighted by molar-refractivity contribution is -0.136. The van der Waals surface area contributed by atoms with Crippen molar-refractivity contribution in [1.82, 2.24) is 0 Å². The number of nitrogens with zero attached hydrogens (tertiary/aromatic N) is 1. The number of carboxylic acid groups (broad SMARTS) is 1. The molecule has 1 N–H and O–H groups in total. The quantitative estimate of drug-likeness (QED) is 0.828. The monoisotopic (exact) mass is 351 g/mol. The largest absolute Gasteiger partial charge is 0.481 e. The topological polar surface area (TPSA) is 40.5 Å². The standard InChI is InChI=1S/C13H13BrF3NO2/c1-13(17)12(16)10(15)7-3-6(5-9(19)20)4-8(14)11(7)18(13)2/h3-4,10,12H,5H2,1-2H3,(H,19,20). The number of aliphatic carboxylic acids is 1. The molecule has 1 aliphatic heterocycles. The SMILES string of the molecule is CN1c2c(Br)cc(CC(=O)O)cc2C(F)C(F)C1(C)F. The molecule has 0 saturated carbocycles. The number of benzene rings is 1. The van der Waals surface area contributed by atoms with E-state index in [2.05, 4.69) is 15.9 Å². The number of halogens is 4. The maximum Gasteiger partial charge on any atom is 0.307 e. The number of carbonyl (C=O) groups is 1. The number of hydrogen-bond donors (Lipinski definition) is 1. The molecular weight excluding hydrogens is 339 g/mol. The molecule has 110 valence electrons. The Hall–Kier alpha value is -1.24. The van der Waals surface area contributed by atoms with Gasteiger partial charge in [0.1, 0.15) is 0 Å². The summed E-state index contributed by atoms with van der Waals surface area (Å²) in [6.07, 6.45) is -4.79. The third kappa shape index (κ3) is 2.28. The average Bonchev–Trinajstić information content (AvgIpc) is 2.33. The Morgan fingerprint density at radius 3 is 2.65 bits per heavy atom. The summed E-state index contributed by atoms with van der Waals surface area (Å²) < 4.78 is 42.6. The number of anilines is 1. The fraction of sp³-hybridized carbons (Fsp3) is 0.462. The van der Waals surface area contributed by atoms with E-state index >= 15 is 0 Å². The van der Waals surface area contributed by atoms with Crippen LogP contribution in [-0.2, 0) is 11.2 Å². The van der Waals surface area contributed by atoms with Gasteiger partial charge >= 0.3 is 5.97 Å². The lowest BCUT2D eigenvalue weighted by Crippen LogP contribution is -2.53. The fourth-order valence-corrected chi connectivity index (χ4v) is 3.14. The number of rotatable bonds is 2. The van der Waals surface area contributed by atoms with Crippen LogP contribution in [0, 0.1) is 0 Å². The van der Waals surface area contributed by atoms with E-state index < -0.39 is 24.1 Å². The minimum Gasteiger partial charge on any atom is -0.481 e. The highest BCUT2D eigenvalue weighted by Gasteiger charge is 2.50. The highest BCUT2D eigenvalue weighted by atomic mass is 79.9. The van der Waals surface area contributed by atoms with Gasteiger partial charge in [-0.3, -0.25) is 4.79 Å². The van der Waals surface area contributed by atoms with Crippen molar-refractivity contribution in [2.24, 2.45) is 0 Å². The number of hydrogen-bond acceptors (Lipinski definition) is 2. The summed E-state index contributed by atoms with van der Waals surface area (Å²) in [7, 11) is 1.33. The smallest absolute Gasteiger partial charge is 0.307 e. The summed E-state index contributed by atoms with van der Waals surface area (Å²) in [5, 5.41) is 8.76. The van der Waals surface area contributed by atoms with Crippen molar-refractivity contribution in [3.63, 3.8) is 0 Å². The van der Waals surface area contributed by atoms with Gasteiger partial charge in [0.05, 0.1) is 12.1 Å². The van der Waals surface area contributed by atoms with E-state index in [1.807, 2.05) is 0 Å². The molecular formula is C13H13BrF3NO2. The van der Waals surface area contributed by atoms with Gasteiger partial charge in [-0.25, -0.2) is 13.2 Å². The van der Waals surface area contributed by atoms with Crippen molar-refractivity contribution in [1.29, 1.82) is 0 Å². The first kappa shape index (κ1) is 15.2. The predicted molar refractivity (Wildman–Crippen MR) is 72.1 cm³/mol. The van der Waals surface area contributed by atoms with Gasteiger partial charge in [0.2, 0.25) is 5.79 Å². The highest BCUT2D eigenvalue weighted by Crippen LogP contribution is 2.49. The zero-order valence-corrected chi connectivity index (χ0v) is 12.4. The molecule has 1 aliphatic rings. The molecule has 0 saturated heterocycles. The summed E-state index contributed by atoms with van der Waals surface area (Å²) in [5.74, 6) is -3.55. The summed E-state index contributed by atoms with van der Waals surface area (Å²) in [6, 6.07) is 2.75. The van der Waals surface area contributed by atoms with E-state index in [0.717, 1.165) is 11.8 Å². The van der Waals surface area contributed by atoms with Gasteiger partial charge in [0.25, 0.3) is 0 Å². The Morgan fingerprint density at radius 1 is 1.50 bits per heavy atom. The van der Waals surface area contributed by atoms with E-state index in [1.54, 1.807) is 0 Å². The second-order valence-electron chi connectivity index (χ2n) is 4.97. The molecule has 1 heterocycles. The minimum atomic E-state index is -2.47. The maximum atomic E-state index is 14.3.